The van der Waals surface area contributed by atoms with Gasteiger partial charge in [-0.05, 0) is 0 Å². The van der Waals surface area contributed by atoms with Gasteiger partial charge in [-0.1, -0.05) is 0 Å². The fourth-order valence-corrected chi connectivity index (χ4v) is 3.43. The molecule has 3 N–H and O–H groups in total. The van der Waals surface area contributed by atoms with E-state index >= 15 is 0 Å². The van der Waals surface area contributed by atoms with Crippen molar-refractivity contribution >= 4 is 44.0 Å². The molecule has 0 saturated carbocycles. The van der Waals surface area contributed by atoms with Gasteiger partial charge in [0.1, 0.15) is 0 Å². The predicted molar refractivity (Wildman–Crippen MR) is 49.7 cm³/mol. The Morgan fingerprint density at radius 2 is 2.56 bits per heavy atom. The summed E-state index contributed by atoms with van der Waals surface area (Å²) >= 11 is 1.77. The zero-order valence-corrected chi connectivity index (χ0v) is 11.4. The predicted octanol–water partition coefficient (Wildman–Crippen LogP) is 0.270. The van der Waals surface area contributed by atoms with E-state index in [0.29, 0.717) is 5.96 Å². The van der Waals surface area contributed by atoms with Crippen LogP contribution in [0.15, 0.2) is 4.99 Å². The van der Waals surface area contributed by atoms with E-state index in [4.69, 9.17) is 5.73 Å². The molecule has 0 aliphatic rings. The Bertz CT molecular complexity index is 95.8. The minimum atomic E-state index is -0.603. The van der Waals surface area contributed by atoms with Gasteiger partial charge >= 0.3 is 77.7 Å². The number of nitrogens with two attached hydrogens (primary N) is 1. The molecule has 0 heterocycles. The number of hydrogen-bond acceptors (Lipinski definition) is 1. The van der Waals surface area contributed by atoms with Crippen molar-refractivity contribution in [1.29, 1.82) is 0 Å². The van der Waals surface area contributed by atoms with E-state index in [1.165, 1.54) is 0 Å². The average molecular weight is 434 g/mol. The number of guanidine groups is 1. The van der Waals surface area contributed by atoms with Crippen LogP contribution in [0.25, 0.3) is 0 Å². The summed E-state index contributed by atoms with van der Waals surface area (Å²) in [4.78, 5) is 4.06. The molecular formula is C4H10IN3Pb. The van der Waals surface area contributed by atoms with Crippen molar-refractivity contribution < 1.29 is 0 Å². The quantitative estimate of drug-likeness (QED) is 0.290. The molecule has 0 unspecified atom stereocenters. The third-order valence-corrected chi connectivity index (χ3v) is 4.41. The second-order valence-electron chi connectivity index (χ2n) is 1.49. The van der Waals surface area contributed by atoms with E-state index in [2.05, 4.69) is 32.8 Å². The SMILES string of the molecule is CCCN=C(N)[NH][Pb][I]. The second-order valence-corrected chi connectivity index (χ2v) is 7.93. The Hall–Kier alpha value is 0.922. The van der Waals surface area contributed by atoms with Gasteiger partial charge in [-0.15, -0.1) is 0 Å². The summed E-state index contributed by atoms with van der Waals surface area (Å²) in [6.07, 6.45) is 1.07. The monoisotopic (exact) mass is 435 g/mol. The van der Waals surface area contributed by atoms with Gasteiger partial charge in [-0.2, -0.15) is 0 Å². The first-order valence-corrected chi connectivity index (χ1v) is 15.6. The van der Waals surface area contributed by atoms with Crippen LogP contribution in [0.2, 0.25) is 0 Å². The molecule has 0 amide bonds. The molecule has 0 atom stereocenters. The van der Waals surface area contributed by atoms with E-state index in [1.54, 1.807) is 0 Å². The summed E-state index contributed by atoms with van der Waals surface area (Å²) in [5, 5.41) is 0. The molecule has 0 aromatic heterocycles. The van der Waals surface area contributed by atoms with Crippen molar-refractivity contribution in [2.45, 2.75) is 13.3 Å². The molecule has 0 fully saturated rings. The van der Waals surface area contributed by atoms with Crippen molar-refractivity contribution in [2.24, 2.45) is 10.7 Å². The topological polar surface area (TPSA) is 50.4 Å². The summed E-state index contributed by atoms with van der Waals surface area (Å²) in [5.41, 5.74) is 5.45. The van der Waals surface area contributed by atoms with Gasteiger partial charge in [0.2, 0.25) is 0 Å². The number of rotatable bonds is 3. The minimum absolute atomic E-state index is 0.603. The van der Waals surface area contributed by atoms with Crippen molar-refractivity contribution in [3.8, 4) is 0 Å². The first kappa shape index (κ1) is 9.92. The third-order valence-electron chi connectivity index (χ3n) is 0.681. The Kier molecular flexibility index (Phi) is 7.75. The standard InChI is InChI=1S/C4H10N3.HI.Pb/c1-2-3-7-4(5)6;;/h2-3H2,1H3,(H3-,5,6,7);1H;/q-1;;+2/p-1. The zero-order valence-electron chi connectivity index (χ0n) is 5.32. The summed E-state index contributed by atoms with van der Waals surface area (Å²) in [6, 6.07) is 0. The molecule has 3 nitrogen and oxygen atoms in total. The molecule has 0 saturated heterocycles. The van der Waals surface area contributed by atoms with E-state index < -0.39 is 20.2 Å². The molecule has 2 radical (unpaired) electrons. The number of halogens is 1. The van der Waals surface area contributed by atoms with E-state index in [-0.39, 0.29) is 0 Å². The molecule has 0 aromatic rings. The van der Waals surface area contributed by atoms with Gasteiger partial charge in [-0.25, -0.2) is 0 Å². The van der Waals surface area contributed by atoms with Crippen molar-refractivity contribution in [2.75, 3.05) is 6.54 Å². The summed E-state index contributed by atoms with van der Waals surface area (Å²) < 4.78 is 3.09. The van der Waals surface area contributed by atoms with E-state index in [9.17, 15) is 0 Å². The van der Waals surface area contributed by atoms with Crippen LogP contribution in [-0.4, -0.2) is 32.7 Å². The maximum atomic E-state index is 5.45. The number of nitrogens with zero attached hydrogens (tertiary/aromatic N) is 1. The zero-order chi connectivity index (χ0) is 7.11. The van der Waals surface area contributed by atoms with Crippen LogP contribution < -0.4 is 8.86 Å². The van der Waals surface area contributed by atoms with Gasteiger partial charge < -0.3 is 0 Å². The first-order chi connectivity index (χ1) is 4.31. The number of hydrogen-bond donors (Lipinski definition) is 2. The van der Waals surface area contributed by atoms with Crippen LogP contribution in [0.1, 0.15) is 13.3 Å². The van der Waals surface area contributed by atoms with Crippen LogP contribution >= 0.6 is 17.8 Å². The molecule has 0 spiro atoms. The van der Waals surface area contributed by atoms with Crippen molar-refractivity contribution in [3.63, 3.8) is 0 Å². The first-order valence-electron chi connectivity index (χ1n) is 2.72. The summed E-state index contributed by atoms with van der Waals surface area (Å²) in [5.74, 6) is 0.634. The Labute approximate surface area is 77.0 Å². The molecule has 0 bridgehead atoms. The summed E-state index contributed by atoms with van der Waals surface area (Å²) in [6.45, 7) is 2.93. The molecule has 0 aromatic carbocycles. The third kappa shape index (κ3) is 6.81. The van der Waals surface area contributed by atoms with Gasteiger partial charge in [0, 0.05) is 0 Å². The van der Waals surface area contributed by atoms with Gasteiger partial charge in [0.25, 0.3) is 0 Å². The Balaban J connectivity index is 3.30. The van der Waals surface area contributed by atoms with Crippen LogP contribution in [0.5, 0.6) is 0 Å². The Morgan fingerprint density at radius 3 is 3.00 bits per heavy atom. The fraction of sp³-hybridized carbons (Fsp3) is 0.750. The molecule has 0 aliphatic heterocycles. The molecule has 9 heavy (non-hydrogen) atoms. The Morgan fingerprint density at radius 1 is 1.89 bits per heavy atom. The fourth-order valence-electron chi connectivity index (χ4n) is 0.320. The van der Waals surface area contributed by atoms with E-state index in [0.717, 1.165) is 13.0 Å². The van der Waals surface area contributed by atoms with E-state index in [1.807, 2.05) is 0 Å². The van der Waals surface area contributed by atoms with Crippen LogP contribution in [0.4, 0.5) is 0 Å². The van der Waals surface area contributed by atoms with Crippen LogP contribution in [-0.2, 0) is 0 Å². The summed E-state index contributed by atoms with van der Waals surface area (Å²) in [7, 11) is 0. The molecule has 0 rings (SSSR count). The van der Waals surface area contributed by atoms with Gasteiger partial charge in [0.15, 0.2) is 0 Å². The van der Waals surface area contributed by atoms with Gasteiger partial charge in [-0.3, -0.25) is 0 Å². The number of aliphatic imine (C=N–C) groups is 1. The molecule has 5 heteroatoms. The van der Waals surface area contributed by atoms with Gasteiger partial charge in [0.05, 0.1) is 0 Å². The molecular weight excluding hydrogens is 424 g/mol. The second kappa shape index (κ2) is 7.03. The van der Waals surface area contributed by atoms with Crippen molar-refractivity contribution in [3.05, 3.63) is 0 Å². The van der Waals surface area contributed by atoms with Crippen LogP contribution in [0, 0.1) is 0 Å². The number of nitrogens with one attached hydrogen (secondary N) is 1. The van der Waals surface area contributed by atoms with Crippen LogP contribution in [0.3, 0.4) is 0 Å². The maximum absolute atomic E-state index is 5.45. The molecule has 52 valence electrons. The average Bonchev–Trinajstić information content (AvgIpc) is 1.85. The molecule has 0 aliphatic carbocycles. The normalized spacial score (nSPS) is 11.6. The van der Waals surface area contributed by atoms with Crippen molar-refractivity contribution in [1.82, 2.24) is 3.13 Å².